The van der Waals surface area contributed by atoms with Gasteiger partial charge in [0.2, 0.25) is 10.0 Å². The maximum absolute atomic E-state index is 13.7. The van der Waals surface area contributed by atoms with Crippen molar-refractivity contribution in [1.82, 2.24) is 9.62 Å². The Labute approximate surface area is 248 Å². The Kier molecular flexibility index (Phi) is 7.11. The molecule has 2 aromatic rings. The zero-order valence-corrected chi connectivity index (χ0v) is 24.9. The van der Waals surface area contributed by atoms with Gasteiger partial charge in [-0.05, 0) is 86.3 Å². The van der Waals surface area contributed by atoms with Gasteiger partial charge in [0, 0.05) is 63.2 Å². The molecule has 4 saturated carbocycles. The number of para-hydroxylation sites is 2. The molecule has 8 rings (SSSR count). The van der Waals surface area contributed by atoms with Crippen molar-refractivity contribution in [3.05, 3.63) is 48.5 Å². The Bertz CT molecular complexity index is 1410. The van der Waals surface area contributed by atoms with Crippen LogP contribution in [0.2, 0.25) is 0 Å². The maximum Gasteiger partial charge on any atom is 0.322 e. The summed E-state index contributed by atoms with van der Waals surface area (Å²) in [6.45, 7) is 3.61. The molecule has 4 aliphatic carbocycles. The summed E-state index contributed by atoms with van der Waals surface area (Å²) >= 11 is 0. The predicted octanol–water partition coefficient (Wildman–Crippen LogP) is 2.70. The van der Waals surface area contributed by atoms with Crippen LogP contribution in [0.4, 0.5) is 27.5 Å². The van der Waals surface area contributed by atoms with E-state index in [1.807, 2.05) is 23.1 Å². The lowest BCUT2D eigenvalue weighted by atomic mass is 9.52. The minimum absolute atomic E-state index is 0.00945. The van der Waals surface area contributed by atoms with Gasteiger partial charge >= 0.3 is 6.03 Å². The third-order valence-electron chi connectivity index (χ3n) is 10.3. The van der Waals surface area contributed by atoms with E-state index in [0.717, 1.165) is 54.9 Å². The highest BCUT2D eigenvalue weighted by atomic mass is 32.2. The molecule has 5 fully saturated rings. The molecule has 2 aliphatic heterocycles. The quantitative estimate of drug-likeness (QED) is 0.470. The van der Waals surface area contributed by atoms with Crippen molar-refractivity contribution in [2.45, 2.75) is 43.7 Å². The van der Waals surface area contributed by atoms with Gasteiger partial charge in [0.1, 0.15) is 0 Å². The van der Waals surface area contributed by atoms with Crippen LogP contribution in [0, 0.1) is 17.8 Å². The molecule has 0 radical (unpaired) electrons. The van der Waals surface area contributed by atoms with Crippen LogP contribution in [0.25, 0.3) is 0 Å². The molecule has 0 spiro atoms. The number of hydrogen-bond acceptors (Lipinski definition) is 7. The molecule has 6 aliphatic rings. The molecule has 11 heteroatoms. The normalized spacial score (nSPS) is 30.9. The molecular formula is C31H42N6O4S. The summed E-state index contributed by atoms with van der Waals surface area (Å²) in [7, 11) is -3.28. The number of piperazine rings is 1. The van der Waals surface area contributed by atoms with Crippen molar-refractivity contribution in [1.29, 1.82) is 0 Å². The summed E-state index contributed by atoms with van der Waals surface area (Å²) in [5.74, 6) is 1.35. The minimum Gasteiger partial charge on any atom is -0.390 e. The van der Waals surface area contributed by atoms with Crippen LogP contribution >= 0.6 is 0 Å². The molecule has 1 saturated heterocycles. The number of benzene rings is 2. The van der Waals surface area contributed by atoms with Gasteiger partial charge in [0.05, 0.1) is 22.7 Å². The molecule has 2 heterocycles. The van der Waals surface area contributed by atoms with E-state index in [2.05, 4.69) is 45.4 Å². The maximum atomic E-state index is 13.7. The van der Waals surface area contributed by atoms with Gasteiger partial charge in [-0.3, -0.25) is 4.90 Å². The van der Waals surface area contributed by atoms with E-state index in [1.165, 1.54) is 0 Å². The van der Waals surface area contributed by atoms with Crippen molar-refractivity contribution in [2.75, 3.05) is 66.3 Å². The lowest BCUT2D eigenvalue weighted by Gasteiger charge is -2.58. The van der Waals surface area contributed by atoms with Gasteiger partial charge in [-0.25, -0.2) is 13.2 Å². The second kappa shape index (κ2) is 10.7. The fourth-order valence-electron chi connectivity index (χ4n) is 8.62. The van der Waals surface area contributed by atoms with Crippen LogP contribution in [0.1, 0.15) is 32.1 Å². The number of nitrogens with two attached hydrogens (primary N) is 1. The third kappa shape index (κ3) is 5.04. The second-order valence-corrected chi connectivity index (χ2v) is 15.1. The van der Waals surface area contributed by atoms with Crippen LogP contribution in [0.5, 0.6) is 0 Å². The first-order valence-electron chi connectivity index (χ1n) is 15.4. The number of anilines is 4. The number of rotatable bonds is 6. The zero-order valence-electron chi connectivity index (χ0n) is 24.1. The number of fused-ring (bicyclic) bond motifs is 1. The summed E-state index contributed by atoms with van der Waals surface area (Å²) in [4.78, 5) is 20.1. The zero-order chi connectivity index (χ0) is 29.1. The molecule has 42 heavy (non-hydrogen) atoms. The minimum atomic E-state index is -3.28. The number of aliphatic hydroxyl groups is 1. The molecule has 10 nitrogen and oxygen atoms in total. The molecule has 2 aromatic carbocycles. The average molecular weight is 595 g/mol. The van der Waals surface area contributed by atoms with Crippen LogP contribution in [0.3, 0.4) is 0 Å². The monoisotopic (exact) mass is 594 g/mol. The smallest absolute Gasteiger partial charge is 0.322 e. The molecule has 5 atom stereocenters. The molecule has 2 amide bonds. The SMILES string of the molecule is NCCS(=O)(=O)N1CCN(c2ccc(N3CCN(C(=O)NC4[C@@H]5CC6C[C@H]4CC(O)(C6)C5)c4ccccc43)cc2)CC1. The van der Waals surface area contributed by atoms with Crippen molar-refractivity contribution in [3.63, 3.8) is 0 Å². The topological polar surface area (TPSA) is 122 Å². The van der Waals surface area contributed by atoms with Gasteiger partial charge in [-0.15, -0.1) is 0 Å². The predicted molar refractivity (Wildman–Crippen MR) is 165 cm³/mol. The molecule has 0 aromatic heterocycles. The van der Waals surface area contributed by atoms with Gasteiger partial charge in [0.25, 0.3) is 0 Å². The third-order valence-corrected chi connectivity index (χ3v) is 12.2. The largest absolute Gasteiger partial charge is 0.390 e. The number of nitrogens with one attached hydrogen (secondary N) is 1. The Hall–Kier alpha value is -2.86. The standard InChI is InChI=1S/C31H42N6O4S/c32-9-16-42(40,41)35-12-10-34(11-13-35)25-5-7-26(8-6-25)36-14-15-37(28-4-2-1-3-27(28)36)30(38)33-29-23-17-22-18-24(29)21-31(39,19-22)20-23/h1-8,22-24,29,39H,9-21,32H2,(H,33,38)/t22?,23-,24+,29?,31?. The highest BCUT2D eigenvalue weighted by molar-refractivity contribution is 7.89. The highest BCUT2D eigenvalue weighted by Gasteiger charge is 2.55. The second-order valence-electron chi connectivity index (χ2n) is 13.0. The number of nitrogens with zero attached hydrogens (tertiary/aromatic N) is 4. The van der Waals surface area contributed by atoms with E-state index in [9.17, 15) is 18.3 Å². The van der Waals surface area contributed by atoms with E-state index < -0.39 is 15.6 Å². The molecule has 4 bridgehead atoms. The van der Waals surface area contributed by atoms with Gasteiger partial charge < -0.3 is 26.0 Å². The molecular weight excluding hydrogens is 552 g/mol. The number of urea groups is 1. The lowest BCUT2D eigenvalue weighted by molar-refractivity contribution is -0.136. The summed E-state index contributed by atoms with van der Waals surface area (Å²) in [5.41, 5.74) is 9.01. The molecule has 226 valence electrons. The van der Waals surface area contributed by atoms with Crippen molar-refractivity contribution in [2.24, 2.45) is 23.5 Å². The summed E-state index contributed by atoms with van der Waals surface area (Å²) in [6, 6.07) is 16.6. The summed E-state index contributed by atoms with van der Waals surface area (Å²) in [6.07, 6.45) is 4.80. The number of carbonyl (C=O) groups is 1. The van der Waals surface area contributed by atoms with Crippen molar-refractivity contribution < 1.29 is 18.3 Å². The molecule has 3 unspecified atom stereocenters. The Balaban J connectivity index is 1.03. The van der Waals surface area contributed by atoms with E-state index in [4.69, 9.17) is 5.73 Å². The number of sulfonamides is 1. The lowest BCUT2D eigenvalue weighted by Crippen LogP contribution is -2.63. The van der Waals surface area contributed by atoms with Gasteiger partial charge in [-0.2, -0.15) is 4.31 Å². The van der Waals surface area contributed by atoms with E-state index in [0.29, 0.717) is 57.0 Å². The van der Waals surface area contributed by atoms with Crippen molar-refractivity contribution >= 4 is 38.8 Å². The Morgan fingerprint density at radius 3 is 2.17 bits per heavy atom. The first-order valence-corrected chi connectivity index (χ1v) is 17.0. The van der Waals surface area contributed by atoms with E-state index in [-0.39, 0.29) is 24.4 Å². The number of amides is 2. The van der Waals surface area contributed by atoms with Gasteiger partial charge in [0.15, 0.2) is 0 Å². The van der Waals surface area contributed by atoms with E-state index >= 15 is 0 Å². The summed E-state index contributed by atoms with van der Waals surface area (Å²) < 4.78 is 26.3. The first-order chi connectivity index (χ1) is 20.2. The fourth-order valence-corrected chi connectivity index (χ4v) is 9.90. The number of carbonyl (C=O) groups excluding carboxylic acids is 1. The average Bonchev–Trinajstić information content (AvgIpc) is 2.98. The Morgan fingerprint density at radius 2 is 1.52 bits per heavy atom. The van der Waals surface area contributed by atoms with Crippen LogP contribution in [0.15, 0.2) is 48.5 Å². The highest BCUT2D eigenvalue weighted by Crippen LogP contribution is 2.55. The van der Waals surface area contributed by atoms with Crippen LogP contribution in [-0.2, 0) is 10.0 Å². The summed E-state index contributed by atoms with van der Waals surface area (Å²) in [5, 5.41) is 14.4. The van der Waals surface area contributed by atoms with Gasteiger partial charge in [-0.1, -0.05) is 12.1 Å². The first kappa shape index (κ1) is 27.9. The fraction of sp³-hybridized carbons (Fsp3) is 0.581. The Morgan fingerprint density at radius 1 is 0.881 bits per heavy atom. The number of hydrogen-bond donors (Lipinski definition) is 3. The van der Waals surface area contributed by atoms with Crippen LogP contribution in [-0.4, -0.2) is 87.1 Å². The van der Waals surface area contributed by atoms with E-state index in [1.54, 1.807) is 4.31 Å². The molecule has 4 N–H and O–H groups in total. The van der Waals surface area contributed by atoms with Crippen LogP contribution < -0.4 is 25.8 Å². The van der Waals surface area contributed by atoms with Crippen molar-refractivity contribution in [3.8, 4) is 0 Å².